The zero-order chi connectivity index (χ0) is 13.0. The number of rotatable bonds is 5. The van der Waals surface area contributed by atoms with E-state index in [1.165, 1.54) is 5.69 Å². The van der Waals surface area contributed by atoms with Crippen molar-refractivity contribution in [2.75, 3.05) is 7.05 Å². The van der Waals surface area contributed by atoms with Crippen molar-refractivity contribution in [3.05, 3.63) is 41.7 Å². The summed E-state index contributed by atoms with van der Waals surface area (Å²) in [6, 6.07) is 10.4. The Kier molecular flexibility index (Phi) is 4.10. The smallest absolute Gasteiger partial charge is 0.103 e. The van der Waals surface area contributed by atoms with Gasteiger partial charge in [0.2, 0.25) is 0 Å². The van der Waals surface area contributed by atoms with Crippen LogP contribution in [0.4, 0.5) is 0 Å². The van der Waals surface area contributed by atoms with E-state index in [-0.39, 0.29) is 6.04 Å². The van der Waals surface area contributed by atoms with Crippen molar-refractivity contribution in [1.29, 1.82) is 0 Å². The first-order valence-electron chi connectivity index (χ1n) is 6.48. The zero-order valence-electron chi connectivity index (χ0n) is 11.2. The molecule has 1 aromatic carbocycles. The Morgan fingerprint density at radius 2 is 1.94 bits per heavy atom. The van der Waals surface area contributed by atoms with E-state index >= 15 is 0 Å². The fraction of sp³-hybridized carbons (Fsp3) is 0.429. The van der Waals surface area contributed by atoms with Gasteiger partial charge in [0.25, 0.3) is 0 Å². The molecule has 18 heavy (non-hydrogen) atoms. The average Bonchev–Trinajstić information content (AvgIpc) is 2.85. The Balaban J connectivity index is 2.45. The molecule has 0 saturated carbocycles. The summed E-state index contributed by atoms with van der Waals surface area (Å²) in [5, 5.41) is 11.9. The van der Waals surface area contributed by atoms with Crippen LogP contribution < -0.4 is 5.32 Å². The van der Waals surface area contributed by atoms with E-state index < -0.39 is 0 Å². The summed E-state index contributed by atoms with van der Waals surface area (Å²) in [5.41, 5.74) is 3.31. The maximum Gasteiger partial charge on any atom is 0.103 e. The van der Waals surface area contributed by atoms with Crippen LogP contribution in [0.3, 0.4) is 0 Å². The first-order chi connectivity index (χ1) is 8.81. The molecule has 0 aliphatic heterocycles. The first-order valence-corrected chi connectivity index (χ1v) is 6.48. The monoisotopic (exact) mass is 244 g/mol. The molecule has 4 nitrogen and oxygen atoms in total. The summed E-state index contributed by atoms with van der Waals surface area (Å²) in [7, 11) is 1.97. The average molecular weight is 244 g/mol. The number of hydrogen-bond acceptors (Lipinski definition) is 3. The van der Waals surface area contributed by atoms with Crippen molar-refractivity contribution in [2.45, 2.75) is 32.7 Å². The zero-order valence-corrected chi connectivity index (χ0v) is 11.2. The summed E-state index contributed by atoms with van der Waals surface area (Å²) in [6.07, 6.45) is 1.94. The highest BCUT2D eigenvalue weighted by atomic mass is 15.4. The van der Waals surface area contributed by atoms with Crippen LogP contribution >= 0.6 is 0 Å². The van der Waals surface area contributed by atoms with Crippen LogP contribution in [0.5, 0.6) is 0 Å². The Labute approximate surface area is 108 Å². The van der Waals surface area contributed by atoms with E-state index in [1.807, 2.05) is 29.9 Å². The van der Waals surface area contributed by atoms with Crippen LogP contribution in [0.15, 0.2) is 30.3 Å². The molecule has 96 valence electrons. The lowest BCUT2D eigenvalue weighted by Crippen LogP contribution is -2.17. The second kappa shape index (κ2) is 5.78. The summed E-state index contributed by atoms with van der Waals surface area (Å²) in [5.74, 6) is 0. The van der Waals surface area contributed by atoms with Gasteiger partial charge < -0.3 is 5.32 Å². The molecule has 1 heterocycles. The van der Waals surface area contributed by atoms with E-state index in [1.54, 1.807) is 0 Å². The molecule has 0 fully saturated rings. The molecular formula is C14H20N4. The summed E-state index contributed by atoms with van der Waals surface area (Å²) >= 11 is 0. The molecule has 0 amide bonds. The quantitative estimate of drug-likeness (QED) is 0.878. The van der Waals surface area contributed by atoms with Crippen LogP contribution in [-0.4, -0.2) is 22.0 Å². The lowest BCUT2D eigenvalue weighted by atomic mass is 10.1. The van der Waals surface area contributed by atoms with Gasteiger partial charge in [-0.25, -0.2) is 4.68 Å². The number of para-hydroxylation sites is 1. The van der Waals surface area contributed by atoms with Gasteiger partial charge in [0.1, 0.15) is 5.69 Å². The fourth-order valence-corrected chi connectivity index (χ4v) is 2.23. The molecule has 0 aliphatic carbocycles. The van der Waals surface area contributed by atoms with E-state index in [4.69, 9.17) is 0 Å². The number of hydrogen-bond donors (Lipinski definition) is 1. The third-order valence-corrected chi connectivity index (χ3v) is 3.22. The van der Waals surface area contributed by atoms with E-state index in [0.717, 1.165) is 24.2 Å². The maximum atomic E-state index is 4.36. The minimum absolute atomic E-state index is 0.275. The lowest BCUT2D eigenvalue weighted by Gasteiger charge is -2.13. The van der Waals surface area contributed by atoms with Crippen LogP contribution in [0.2, 0.25) is 0 Å². The van der Waals surface area contributed by atoms with Gasteiger partial charge in [-0.2, -0.15) is 0 Å². The number of aromatic nitrogens is 3. The molecule has 2 aromatic rings. The molecule has 1 unspecified atom stereocenters. The largest absolute Gasteiger partial charge is 0.312 e. The Morgan fingerprint density at radius 3 is 2.50 bits per heavy atom. The minimum Gasteiger partial charge on any atom is -0.312 e. The normalized spacial score (nSPS) is 12.6. The van der Waals surface area contributed by atoms with Crippen molar-refractivity contribution in [3.8, 4) is 5.69 Å². The van der Waals surface area contributed by atoms with Crippen molar-refractivity contribution >= 4 is 0 Å². The van der Waals surface area contributed by atoms with Gasteiger partial charge in [-0.15, -0.1) is 5.10 Å². The number of benzene rings is 1. The Morgan fingerprint density at radius 1 is 1.22 bits per heavy atom. The lowest BCUT2D eigenvalue weighted by molar-refractivity contribution is 0.555. The SMILES string of the molecule is CCc1c(C(CC)NC)nnn1-c1ccccc1. The van der Waals surface area contributed by atoms with E-state index in [0.29, 0.717) is 0 Å². The second-order valence-corrected chi connectivity index (χ2v) is 4.27. The van der Waals surface area contributed by atoms with Gasteiger partial charge in [-0.05, 0) is 32.0 Å². The van der Waals surface area contributed by atoms with Crippen molar-refractivity contribution in [3.63, 3.8) is 0 Å². The highest BCUT2D eigenvalue weighted by Gasteiger charge is 2.18. The number of nitrogens with zero attached hydrogens (tertiary/aromatic N) is 3. The molecule has 0 radical (unpaired) electrons. The van der Waals surface area contributed by atoms with Gasteiger partial charge in [-0.3, -0.25) is 0 Å². The Bertz CT molecular complexity index is 486. The maximum absolute atomic E-state index is 4.36. The molecular weight excluding hydrogens is 224 g/mol. The Hall–Kier alpha value is -1.68. The van der Waals surface area contributed by atoms with Crippen molar-refractivity contribution in [1.82, 2.24) is 20.3 Å². The first kappa shape index (κ1) is 12.8. The van der Waals surface area contributed by atoms with Crippen LogP contribution in [0.1, 0.15) is 37.7 Å². The van der Waals surface area contributed by atoms with Gasteiger partial charge in [0.05, 0.1) is 17.4 Å². The summed E-state index contributed by atoms with van der Waals surface area (Å²) in [6.45, 7) is 4.30. The minimum atomic E-state index is 0.275. The van der Waals surface area contributed by atoms with Gasteiger partial charge in [0.15, 0.2) is 0 Å². The predicted octanol–water partition coefficient (Wildman–Crippen LogP) is 2.50. The van der Waals surface area contributed by atoms with Crippen LogP contribution in [0, 0.1) is 0 Å². The topological polar surface area (TPSA) is 42.7 Å². The molecule has 1 N–H and O–H groups in total. The molecule has 0 aliphatic rings. The summed E-state index contributed by atoms with van der Waals surface area (Å²) < 4.78 is 1.94. The van der Waals surface area contributed by atoms with E-state index in [2.05, 4.69) is 41.6 Å². The highest BCUT2D eigenvalue weighted by molar-refractivity contribution is 5.33. The van der Waals surface area contributed by atoms with Crippen molar-refractivity contribution < 1.29 is 0 Å². The van der Waals surface area contributed by atoms with Crippen molar-refractivity contribution in [2.24, 2.45) is 0 Å². The third-order valence-electron chi connectivity index (χ3n) is 3.22. The number of nitrogens with one attached hydrogen (secondary N) is 1. The molecule has 0 spiro atoms. The summed E-state index contributed by atoms with van der Waals surface area (Å²) in [4.78, 5) is 0. The van der Waals surface area contributed by atoms with Gasteiger partial charge in [-0.1, -0.05) is 37.3 Å². The van der Waals surface area contributed by atoms with Crippen LogP contribution in [0.25, 0.3) is 5.69 Å². The second-order valence-electron chi connectivity index (χ2n) is 4.27. The molecule has 1 atom stereocenters. The molecule has 0 bridgehead atoms. The molecule has 1 aromatic heterocycles. The fourth-order valence-electron chi connectivity index (χ4n) is 2.23. The van der Waals surface area contributed by atoms with Crippen LogP contribution in [-0.2, 0) is 6.42 Å². The molecule has 2 rings (SSSR count). The molecule has 4 heteroatoms. The third kappa shape index (κ3) is 2.29. The standard InChI is InChI=1S/C14H20N4/c1-4-12(15-3)14-13(5-2)18(17-16-14)11-9-7-6-8-10-11/h6-10,12,15H,4-5H2,1-3H3. The van der Waals surface area contributed by atoms with E-state index in [9.17, 15) is 0 Å². The van der Waals surface area contributed by atoms with Gasteiger partial charge >= 0.3 is 0 Å². The highest BCUT2D eigenvalue weighted by Crippen LogP contribution is 2.21. The van der Waals surface area contributed by atoms with Gasteiger partial charge in [0, 0.05) is 0 Å². The molecule has 0 saturated heterocycles. The predicted molar refractivity (Wildman–Crippen MR) is 72.8 cm³/mol.